The molecule has 0 amide bonds. The maximum atomic E-state index is 13.1. The second kappa shape index (κ2) is 7.37. The van der Waals surface area contributed by atoms with Crippen molar-refractivity contribution in [1.29, 1.82) is 5.26 Å². The summed E-state index contributed by atoms with van der Waals surface area (Å²) in [6, 6.07) is 10.1. The summed E-state index contributed by atoms with van der Waals surface area (Å²) in [5.41, 5.74) is 11.4. The fraction of sp³-hybridized carbons (Fsp3) is 0.304. The quantitative estimate of drug-likeness (QED) is 0.679. The molecule has 4 rings (SSSR count). The van der Waals surface area contributed by atoms with E-state index < -0.39 is 5.92 Å². The average Bonchev–Trinajstić information content (AvgIpc) is 3.01. The van der Waals surface area contributed by atoms with Crippen LogP contribution >= 0.6 is 22.9 Å². The van der Waals surface area contributed by atoms with Gasteiger partial charge < -0.3 is 5.73 Å². The van der Waals surface area contributed by atoms with Crippen LogP contribution in [0.4, 0.5) is 5.69 Å². The molecule has 4 nitrogen and oxygen atoms in total. The van der Waals surface area contributed by atoms with Crippen molar-refractivity contribution >= 4 is 34.4 Å². The van der Waals surface area contributed by atoms with Crippen molar-refractivity contribution < 1.29 is 4.79 Å². The predicted octanol–water partition coefficient (Wildman–Crippen LogP) is 5.63. The molecule has 0 radical (unpaired) electrons. The first-order chi connectivity index (χ1) is 13.8. The first-order valence-electron chi connectivity index (χ1n) is 9.62. The Morgan fingerprint density at radius 1 is 1.24 bits per heavy atom. The van der Waals surface area contributed by atoms with Crippen LogP contribution < -0.4 is 10.6 Å². The molecular weight excluding hydrogens is 402 g/mol. The number of nitrogens with two attached hydrogens (primary N) is 1. The normalized spacial score (nSPS) is 19.5. The van der Waals surface area contributed by atoms with E-state index >= 15 is 0 Å². The summed E-state index contributed by atoms with van der Waals surface area (Å²) < 4.78 is 0. The molecule has 0 spiro atoms. The minimum absolute atomic E-state index is 0.1000. The van der Waals surface area contributed by atoms with Gasteiger partial charge in [0.1, 0.15) is 5.82 Å². The number of Topliss-reactive ketones (excluding diaryl/α,β-unsaturated/α-hetero) is 1. The maximum Gasteiger partial charge on any atom is 0.161 e. The zero-order valence-corrected chi connectivity index (χ0v) is 18.2. The number of nitrogens with zero attached hydrogens (tertiary/aromatic N) is 2. The second-order valence-corrected chi connectivity index (χ2v) is 9.49. The number of allylic oxidation sites excluding steroid dienone is 3. The molecule has 1 aromatic carbocycles. The molecule has 1 aromatic heterocycles. The molecule has 6 heteroatoms. The van der Waals surface area contributed by atoms with Crippen molar-refractivity contribution in [3.05, 3.63) is 72.8 Å². The van der Waals surface area contributed by atoms with Crippen LogP contribution in [0.3, 0.4) is 0 Å². The van der Waals surface area contributed by atoms with E-state index in [1.165, 1.54) is 0 Å². The van der Waals surface area contributed by atoms with Crippen LogP contribution in [0.5, 0.6) is 0 Å². The Morgan fingerprint density at radius 2 is 2.00 bits per heavy atom. The third-order valence-electron chi connectivity index (χ3n) is 5.72. The molecule has 2 N–H and O–H groups in total. The molecule has 0 unspecified atom stereocenters. The van der Waals surface area contributed by atoms with Crippen LogP contribution in [-0.4, -0.2) is 5.78 Å². The van der Waals surface area contributed by atoms with Crippen molar-refractivity contribution in [2.24, 2.45) is 5.73 Å². The molecular formula is C23H22ClN3OS. The van der Waals surface area contributed by atoms with Gasteiger partial charge in [-0.05, 0) is 62.9 Å². The van der Waals surface area contributed by atoms with Gasteiger partial charge in [-0.3, -0.25) is 9.69 Å². The Bertz CT molecular complexity index is 1140. The Labute approximate surface area is 179 Å². The maximum absolute atomic E-state index is 13.1. The van der Waals surface area contributed by atoms with Crippen LogP contribution in [0.2, 0.25) is 5.02 Å². The van der Waals surface area contributed by atoms with Crippen LogP contribution in [-0.2, 0) is 4.79 Å². The summed E-state index contributed by atoms with van der Waals surface area (Å²) in [5, 5.41) is 10.7. The van der Waals surface area contributed by atoms with E-state index in [9.17, 15) is 10.1 Å². The first-order valence-corrected chi connectivity index (χ1v) is 10.8. The predicted molar refractivity (Wildman–Crippen MR) is 118 cm³/mol. The molecule has 1 atom stereocenters. The number of thiophene rings is 1. The highest BCUT2D eigenvalue weighted by Crippen LogP contribution is 2.48. The highest BCUT2D eigenvalue weighted by atomic mass is 35.5. The fourth-order valence-electron chi connectivity index (χ4n) is 4.35. The SMILES string of the molecule is Cc1cc([C@H]2C(C#N)=C(N)N(c3ccc(C)c(Cl)c3)C3=C2C(=O)CCC3)c(C)s1. The van der Waals surface area contributed by atoms with Gasteiger partial charge in [-0.2, -0.15) is 5.26 Å². The van der Waals surface area contributed by atoms with E-state index in [0.717, 1.165) is 45.1 Å². The summed E-state index contributed by atoms with van der Waals surface area (Å²) in [6.07, 6.45) is 2.01. The molecule has 148 valence electrons. The van der Waals surface area contributed by atoms with Crippen LogP contribution in [0.1, 0.15) is 46.1 Å². The highest BCUT2D eigenvalue weighted by molar-refractivity contribution is 7.12. The van der Waals surface area contributed by atoms with E-state index in [2.05, 4.69) is 12.1 Å². The van der Waals surface area contributed by atoms with Gasteiger partial charge in [0.25, 0.3) is 0 Å². The van der Waals surface area contributed by atoms with E-state index in [-0.39, 0.29) is 5.78 Å². The minimum Gasteiger partial charge on any atom is -0.384 e. The van der Waals surface area contributed by atoms with E-state index in [1.54, 1.807) is 11.3 Å². The van der Waals surface area contributed by atoms with Crippen LogP contribution in [0.25, 0.3) is 0 Å². The molecule has 0 fully saturated rings. The van der Waals surface area contributed by atoms with Crippen molar-refractivity contribution in [2.75, 3.05) is 4.90 Å². The van der Waals surface area contributed by atoms with Crippen molar-refractivity contribution in [3.8, 4) is 6.07 Å². The van der Waals surface area contributed by atoms with Crippen molar-refractivity contribution in [2.45, 2.75) is 46.0 Å². The molecule has 1 aliphatic carbocycles. The van der Waals surface area contributed by atoms with Gasteiger partial charge in [0, 0.05) is 38.2 Å². The van der Waals surface area contributed by atoms with Gasteiger partial charge in [-0.15, -0.1) is 11.3 Å². The van der Waals surface area contributed by atoms with Gasteiger partial charge in [0.05, 0.1) is 17.6 Å². The van der Waals surface area contributed by atoms with Gasteiger partial charge in [-0.1, -0.05) is 17.7 Å². The Morgan fingerprint density at radius 3 is 2.62 bits per heavy atom. The van der Waals surface area contributed by atoms with E-state index in [4.69, 9.17) is 17.3 Å². The van der Waals surface area contributed by atoms with Crippen molar-refractivity contribution in [1.82, 2.24) is 0 Å². The summed E-state index contributed by atoms with van der Waals surface area (Å²) in [5.74, 6) is 0.0852. The number of nitriles is 1. The molecule has 2 aliphatic rings. The molecule has 2 heterocycles. The third-order valence-corrected chi connectivity index (χ3v) is 7.11. The fourth-order valence-corrected chi connectivity index (χ4v) is 5.49. The molecule has 0 saturated carbocycles. The summed E-state index contributed by atoms with van der Waals surface area (Å²) in [4.78, 5) is 17.3. The number of halogens is 1. The summed E-state index contributed by atoms with van der Waals surface area (Å²) in [7, 11) is 0. The first kappa shape index (κ1) is 19.8. The lowest BCUT2D eigenvalue weighted by Crippen LogP contribution is -2.38. The number of hydrogen-bond donors (Lipinski definition) is 1. The highest BCUT2D eigenvalue weighted by Gasteiger charge is 2.41. The minimum atomic E-state index is -0.398. The van der Waals surface area contributed by atoms with Crippen LogP contribution in [0, 0.1) is 32.1 Å². The van der Waals surface area contributed by atoms with Crippen LogP contribution in [0.15, 0.2) is 46.9 Å². The summed E-state index contributed by atoms with van der Waals surface area (Å²) in [6.45, 7) is 6.02. The number of rotatable bonds is 2. The monoisotopic (exact) mass is 423 g/mol. The Kier molecular flexibility index (Phi) is 5.02. The number of hydrogen-bond acceptors (Lipinski definition) is 5. The number of anilines is 1. The molecule has 29 heavy (non-hydrogen) atoms. The molecule has 0 saturated heterocycles. The third kappa shape index (κ3) is 3.17. The lowest BCUT2D eigenvalue weighted by Gasteiger charge is -2.39. The number of benzene rings is 1. The Hall–Kier alpha value is -2.55. The van der Waals surface area contributed by atoms with Gasteiger partial charge in [0.2, 0.25) is 0 Å². The number of ketones is 1. The molecule has 2 aromatic rings. The number of carbonyl (C=O) groups is 1. The van der Waals surface area contributed by atoms with Gasteiger partial charge in [-0.25, -0.2) is 0 Å². The molecule has 1 aliphatic heterocycles. The average molecular weight is 424 g/mol. The zero-order valence-electron chi connectivity index (χ0n) is 16.7. The lowest BCUT2D eigenvalue weighted by atomic mass is 9.75. The number of aryl methyl sites for hydroxylation is 3. The second-order valence-electron chi connectivity index (χ2n) is 7.62. The van der Waals surface area contributed by atoms with Crippen molar-refractivity contribution in [3.63, 3.8) is 0 Å². The van der Waals surface area contributed by atoms with Gasteiger partial charge >= 0.3 is 0 Å². The largest absolute Gasteiger partial charge is 0.384 e. The lowest BCUT2D eigenvalue weighted by molar-refractivity contribution is -0.116. The van der Waals surface area contributed by atoms with E-state index in [0.29, 0.717) is 28.4 Å². The topological polar surface area (TPSA) is 70.1 Å². The summed E-state index contributed by atoms with van der Waals surface area (Å²) >= 11 is 8.05. The Balaban J connectivity index is 1.99. The zero-order chi connectivity index (χ0) is 20.9. The standard InChI is InChI=1S/C23H22ClN3OS/c1-12-7-8-15(10-18(12)24)27-19-5-4-6-20(28)22(19)21(17(11-25)23(27)26)16-9-13(2)29-14(16)3/h7-10,21H,4-6,26H2,1-3H3/t21-/m0/s1. The van der Waals surface area contributed by atoms with Gasteiger partial charge in [0.15, 0.2) is 5.78 Å². The smallest absolute Gasteiger partial charge is 0.161 e. The molecule has 0 bridgehead atoms. The van der Waals surface area contributed by atoms with E-state index in [1.807, 2.05) is 43.9 Å². The number of carbonyl (C=O) groups excluding carboxylic acids is 1.